The zero-order chi connectivity index (χ0) is 13.2. The number of hydrogen-bond donors (Lipinski definition) is 1. The third-order valence-electron chi connectivity index (χ3n) is 3.48. The normalized spacial score (nSPS) is 18.1. The highest BCUT2D eigenvalue weighted by Crippen LogP contribution is 2.31. The smallest absolute Gasteiger partial charge is 0.122 e. The van der Waals surface area contributed by atoms with Crippen LogP contribution in [0.15, 0.2) is 34.1 Å². The Kier molecular flexibility index (Phi) is 3.91. The Hall–Kier alpha value is -0.840. The Balaban J connectivity index is 1.73. The van der Waals surface area contributed by atoms with Crippen LogP contribution in [0, 0.1) is 0 Å². The molecule has 3 rings (SSSR count). The Morgan fingerprint density at radius 3 is 3.05 bits per heavy atom. The van der Waals surface area contributed by atoms with Gasteiger partial charge in [0, 0.05) is 20.8 Å². The van der Waals surface area contributed by atoms with E-state index in [0.717, 1.165) is 23.1 Å². The molecule has 2 aromatic rings. The number of halogens is 1. The molecule has 100 valence electrons. The van der Waals surface area contributed by atoms with Crippen LogP contribution in [-0.2, 0) is 13.0 Å². The largest absolute Gasteiger partial charge is 0.488 e. The zero-order valence-corrected chi connectivity index (χ0v) is 13.0. The van der Waals surface area contributed by atoms with Crippen LogP contribution in [0.1, 0.15) is 34.9 Å². The molecule has 1 atom stereocenters. The van der Waals surface area contributed by atoms with E-state index in [1.807, 2.05) is 0 Å². The number of rotatable bonds is 3. The predicted octanol–water partition coefficient (Wildman–Crippen LogP) is 4.43. The first-order valence-corrected chi connectivity index (χ1v) is 8.14. The molecule has 0 saturated heterocycles. The number of benzene rings is 1. The molecule has 0 aliphatic heterocycles. The van der Waals surface area contributed by atoms with Gasteiger partial charge in [-0.25, -0.2) is 0 Å². The molecular weight excluding hydrogens is 322 g/mol. The van der Waals surface area contributed by atoms with E-state index in [4.69, 9.17) is 10.5 Å². The molecule has 1 aliphatic carbocycles. The van der Waals surface area contributed by atoms with E-state index in [-0.39, 0.29) is 6.04 Å². The molecule has 2 N–H and O–H groups in total. The minimum absolute atomic E-state index is 0.170. The van der Waals surface area contributed by atoms with Gasteiger partial charge in [-0.2, -0.15) is 0 Å². The van der Waals surface area contributed by atoms with Crippen LogP contribution in [0.2, 0.25) is 0 Å². The van der Waals surface area contributed by atoms with Crippen LogP contribution in [-0.4, -0.2) is 0 Å². The number of aryl methyl sites for hydroxylation is 1. The lowest BCUT2D eigenvalue weighted by Crippen LogP contribution is -2.17. The van der Waals surface area contributed by atoms with Crippen molar-refractivity contribution in [1.29, 1.82) is 0 Å². The van der Waals surface area contributed by atoms with Crippen molar-refractivity contribution >= 4 is 27.3 Å². The van der Waals surface area contributed by atoms with Crippen molar-refractivity contribution in [2.45, 2.75) is 31.9 Å². The van der Waals surface area contributed by atoms with Crippen molar-refractivity contribution in [3.05, 3.63) is 50.1 Å². The third kappa shape index (κ3) is 3.02. The van der Waals surface area contributed by atoms with Crippen LogP contribution in [0.5, 0.6) is 5.75 Å². The van der Waals surface area contributed by atoms with E-state index < -0.39 is 0 Å². The number of hydrogen-bond acceptors (Lipinski definition) is 3. The maximum Gasteiger partial charge on any atom is 0.122 e. The molecule has 0 bridgehead atoms. The van der Waals surface area contributed by atoms with E-state index in [9.17, 15) is 0 Å². The number of nitrogens with two attached hydrogens (primary N) is 1. The Morgan fingerprint density at radius 2 is 2.26 bits per heavy atom. The van der Waals surface area contributed by atoms with Gasteiger partial charge in [0.1, 0.15) is 12.4 Å². The first kappa shape index (κ1) is 13.2. The predicted molar refractivity (Wildman–Crippen MR) is 82.7 cm³/mol. The van der Waals surface area contributed by atoms with Crippen LogP contribution in [0.25, 0.3) is 0 Å². The fraction of sp³-hybridized carbons (Fsp3) is 0.333. The number of thiophene rings is 1. The first-order valence-electron chi connectivity index (χ1n) is 6.46. The molecule has 4 heteroatoms. The SMILES string of the molecule is N[C@@H]1CCCc2ccc(OCc3cc(Br)cs3)cc21. The standard InChI is InChI=1S/C15H16BrNOS/c16-11-6-13(19-9-11)8-18-12-5-4-10-2-1-3-15(17)14(10)7-12/h4-7,9,15H,1-3,8,17H2/t15-/m1/s1. The molecule has 1 aromatic carbocycles. The molecule has 1 aromatic heterocycles. The van der Waals surface area contributed by atoms with E-state index in [2.05, 4.69) is 45.6 Å². The lowest BCUT2D eigenvalue weighted by molar-refractivity contribution is 0.309. The summed E-state index contributed by atoms with van der Waals surface area (Å²) < 4.78 is 6.97. The van der Waals surface area contributed by atoms with Crippen molar-refractivity contribution in [3.8, 4) is 5.75 Å². The highest BCUT2D eigenvalue weighted by Gasteiger charge is 2.17. The number of ether oxygens (including phenoxy) is 1. The monoisotopic (exact) mass is 337 g/mol. The van der Waals surface area contributed by atoms with Crippen LogP contribution >= 0.6 is 27.3 Å². The molecule has 0 fully saturated rings. The van der Waals surface area contributed by atoms with Gasteiger partial charge in [0.15, 0.2) is 0 Å². The Morgan fingerprint density at radius 1 is 1.37 bits per heavy atom. The minimum atomic E-state index is 0.170. The minimum Gasteiger partial charge on any atom is -0.488 e. The maximum atomic E-state index is 6.17. The van der Waals surface area contributed by atoms with Gasteiger partial charge in [-0.3, -0.25) is 0 Å². The van der Waals surface area contributed by atoms with E-state index >= 15 is 0 Å². The molecule has 0 unspecified atom stereocenters. The summed E-state index contributed by atoms with van der Waals surface area (Å²) in [6, 6.07) is 8.59. The van der Waals surface area contributed by atoms with Gasteiger partial charge in [0.2, 0.25) is 0 Å². The Bertz CT molecular complexity index is 581. The molecule has 19 heavy (non-hydrogen) atoms. The molecular formula is C15H16BrNOS. The summed E-state index contributed by atoms with van der Waals surface area (Å²) >= 11 is 5.16. The number of fused-ring (bicyclic) bond motifs is 1. The quantitative estimate of drug-likeness (QED) is 0.899. The van der Waals surface area contributed by atoms with Gasteiger partial charge >= 0.3 is 0 Å². The van der Waals surface area contributed by atoms with Crippen LogP contribution < -0.4 is 10.5 Å². The molecule has 2 nitrogen and oxygen atoms in total. The summed E-state index contributed by atoms with van der Waals surface area (Å²) in [6.45, 7) is 0.615. The topological polar surface area (TPSA) is 35.2 Å². The summed E-state index contributed by atoms with van der Waals surface area (Å²) in [5.41, 5.74) is 8.81. The van der Waals surface area contributed by atoms with Crippen molar-refractivity contribution in [2.24, 2.45) is 5.73 Å². The lowest BCUT2D eigenvalue weighted by atomic mass is 9.88. The average molecular weight is 338 g/mol. The fourth-order valence-electron chi connectivity index (χ4n) is 2.49. The van der Waals surface area contributed by atoms with E-state index in [0.29, 0.717) is 6.61 Å². The van der Waals surface area contributed by atoms with Crippen LogP contribution in [0.4, 0.5) is 0 Å². The second-order valence-electron chi connectivity index (χ2n) is 4.88. The van der Waals surface area contributed by atoms with Gasteiger partial charge in [-0.15, -0.1) is 11.3 Å². The molecule has 0 amide bonds. The van der Waals surface area contributed by atoms with Gasteiger partial charge < -0.3 is 10.5 Å². The molecule has 1 heterocycles. The van der Waals surface area contributed by atoms with Gasteiger partial charge in [0.25, 0.3) is 0 Å². The Labute approximate surface area is 125 Å². The highest BCUT2D eigenvalue weighted by atomic mass is 79.9. The third-order valence-corrected chi connectivity index (χ3v) is 5.15. The average Bonchev–Trinajstić information content (AvgIpc) is 2.83. The first-order chi connectivity index (χ1) is 9.22. The molecule has 1 aliphatic rings. The molecule has 0 saturated carbocycles. The van der Waals surface area contributed by atoms with Gasteiger partial charge in [-0.05, 0) is 64.5 Å². The van der Waals surface area contributed by atoms with Gasteiger partial charge in [-0.1, -0.05) is 6.07 Å². The summed E-state index contributed by atoms with van der Waals surface area (Å²) in [7, 11) is 0. The second kappa shape index (κ2) is 5.65. The fourth-order valence-corrected chi connectivity index (χ4v) is 3.85. The maximum absolute atomic E-state index is 6.17. The zero-order valence-electron chi connectivity index (χ0n) is 10.6. The van der Waals surface area contributed by atoms with Crippen molar-refractivity contribution in [2.75, 3.05) is 0 Å². The van der Waals surface area contributed by atoms with Crippen LogP contribution in [0.3, 0.4) is 0 Å². The van der Waals surface area contributed by atoms with Gasteiger partial charge in [0.05, 0.1) is 0 Å². The van der Waals surface area contributed by atoms with Crippen molar-refractivity contribution < 1.29 is 4.74 Å². The summed E-state index contributed by atoms with van der Waals surface area (Å²) in [6.07, 6.45) is 3.41. The van der Waals surface area contributed by atoms with Crippen molar-refractivity contribution in [1.82, 2.24) is 0 Å². The summed E-state index contributed by atoms with van der Waals surface area (Å²) in [5, 5.41) is 2.07. The van der Waals surface area contributed by atoms with Crippen molar-refractivity contribution in [3.63, 3.8) is 0 Å². The molecule has 0 spiro atoms. The summed E-state index contributed by atoms with van der Waals surface area (Å²) in [5.74, 6) is 0.917. The summed E-state index contributed by atoms with van der Waals surface area (Å²) in [4.78, 5) is 1.22. The highest BCUT2D eigenvalue weighted by molar-refractivity contribution is 9.10. The second-order valence-corrected chi connectivity index (χ2v) is 6.79. The van der Waals surface area contributed by atoms with E-state index in [1.54, 1.807) is 11.3 Å². The molecule has 0 radical (unpaired) electrons. The lowest BCUT2D eigenvalue weighted by Gasteiger charge is -2.22. The van der Waals surface area contributed by atoms with E-state index in [1.165, 1.54) is 22.4 Å².